The highest BCUT2D eigenvalue weighted by atomic mass is 15.1. The van der Waals surface area contributed by atoms with Gasteiger partial charge >= 0.3 is 0 Å². The van der Waals surface area contributed by atoms with Crippen LogP contribution < -0.4 is 10.6 Å². The van der Waals surface area contributed by atoms with Crippen molar-refractivity contribution in [3.63, 3.8) is 0 Å². The van der Waals surface area contributed by atoms with Crippen LogP contribution in [-0.2, 0) is 13.1 Å². The first-order valence-corrected chi connectivity index (χ1v) is 6.95. The van der Waals surface area contributed by atoms with E-state index in [4.69, 9.17) is 5.73 Å². The van der Waals surface area contributed by atoms with Gasteiger partial charge in [0.05, 0.1) is 0 Å². The second-order valence-corrected chi connectivity index (χ2v) is 5.23. The molecule has 98 valence electrons. The highest BCUT2D eigenvalue weighted by molar-refractivity contribution is 5.52. The molecule has 2 N–H and O–H groups in total. The summed E-state index contributed by atoms with van der Waals surface area (Å²) in [7, 11) is 0. The van der Waals surface area contributed by atoms with Crippen LogP contribution in [-0.4, -0.2) is 0 Å². The van der Waals surface area contributed by atoms with E-state index in [1.54, 1.807) is 0 Å². The number of hydrogen-bond donors (Lipinski definition) is 1. The Balaban J connectivity index is 1.78. The Morgan fingerprint density at radius 3 is 2.11 bits per heavy atom. The number of benzene rings is 2. The molecule has 1 heterocycles. The number of hydrogen-bond acceptors (Lipinski definition) is 2. The quantitative estimate of drug-likeness (QED) is 0.904. The van der Waals surface area contributed by atoms with E-state index in [-0.39, 0.29) is 6.04 Å². The van der Waals surface area contributed by atoms with Gasteiger partial charge in [0.2, 0.25) is 0 Å². The summed E-state index contributed by atoms with van der Waals surface area (Å²) in [5, 5.41) is 0. The highest BCUT2D eigenvalue weighted by Gasteiger charge is 2.18. The third kappa shape index (κ3) is 2.36. The molecule has 2 heteroatoms. The third-order valence-corrected chi connectivity index (χ3v) is 3.97. The van der Waals surface area contributed by atoms with E-state index < -0.39 is 0 Å². The molecule has 0 fully saturated rings. The molecule has 0 aliphatic carbocycles. The molecular formula is C17H20N2. The Morgan fingerprint density at radius 1 is 1.00 bits per heavy atom. The molecular weight excluding hydrogens is 232 g/mol. The van der Waals surface area contributed by atoms with Crippen LogP contribution in [0.4, 0.5) is 5.69 Å². The van der Waals surface area contributed by atoms with Crippen LogP contribution in [0.15, 0.2) is 48.5 Å². The minimum Gasteiger partial charge on any atom is -0.363 e. The van der Waals surface area contributed by atoms with Crippen molar-refractivity contribution in [2.75, 3.05) is 4.90 Å². The van der Waals surface area contributed by atoms with Gasteiger partial charge in [-0.3, -0.25) is 0 Å². The van der Waals surface area contributed by atoms with Gasteiger partial charge in [-0.25, -0.2) is 0 Å². The Bertz CT molecular complexity index is 535. The molecule has 0 aromatic heterocycles. The Kier molecular flexibility index (Phi) is 3.26. The molecule has 2 nitrogen and oxygen atoms in total. The molecule has 1 atom stereocenters. The number of fused-ring (bicyclic) bond motifs is 1. The van der Waals surface area contributed by atoms with Crippen LogP contribution >= 0.6 is 0 Å². The summed E-state index contributed by atoms with van der Waals surface area (Å²) < 4.78 is 0. The van der Waals surface area contributed by atoms with E-state index in [2.05, 4.69) is 60.4 Å². The maximum absolute atomic E-state index is 6.05. The smallest absolute Gasteiger partial charge is 0.0436 e. The van der Waals surface area contributed by atoms with Crippen molar-refractivity contribution in [3.05, 3.63) is 65.2 Å². The van der Waals surface area contributed by atoms with E-state index >= 15 is 0 Å². The van der Waals surface area contributed by atoms with Crippen molar-refractivity contribution in [2.45, 2.75) is 32.5 Å². The molecule has 2 aromatic carbocycles. The molecule has 1 unspecified atom stereocenters. The minimum absolute atomic E-state index is 0.157. The molecule has 1 aliphatic heterocycles. The zero-order valence-corrected chi connectivity index (χ0v) is 11.3. The molecule has 0 saturated heterocycles. The molecule has 3 rings (SSSR count). The summed E-state index contributed by atoms with van der Waals surface area (Å²) in [4.78, 5) is 2.41. The molecule has 0 amide bonds. The van der Waals surface area contributed by atoms with Crippen molar-refractivity contribution >= 4 is 5.69 Å². The van der Waals surface area contributed by atoms with Crippen LogP contribution in [0.5, 0.6) is 0 Å². The maximum Gasteiger partial charge on any atom is 0.0436 e. The Labute approximate surface area is 114 Å². The maximum atomic E-state index is 6.05. The van der Waals surface area contributed by atoms with Gasteiger partial charge in [-0.05, 0) is 35.2 Å². The fourth-order valence-corrected chi connectivity index (χ4v) is 2.68. The van der Waals surface area contributed by atoms with Gasteiger partial charge in [-0.2, -0.15) is 0 Å². The first-order chi connectivity index (χ1) is 9.28. The van der Waals surface area contributed by atoms with Gasteiger partial charge in [0, 0.05) is 24.8 Å². The summed E-state index contributed by atoms with van der Waals surface area (Å²) in [5.74, 6) is 0. The number of rotatable bonds is 3. The second kappa shape index (κ2) is 5.06. The summed E-state index contributed by atoms with van der Waals surface area (Å²) in [5.41, 5.74) is 11.4. The van der Waals surface area contributed by atoms with E-state index in [1.165, 1.54) is 22.4 Å². The largest absolute Gasteiger partial charge is 0.363 e. The van der Waals surface area contributed by atoms with Crippen LogP contribution in [0.1, 0.15) is 36.1 Å². The second-order valence-electron chi connectivity index (χ2n) is 5.23. The molecule has 1 aliphatic rings. The Hall–Kier alpha value is -1.80. The van der Waals surface area contributed by atoms with Crippen molar-refractivity contribution in [1.82, 2.24) is 0 Å². The van der Waals surface area contributed by atoms with E-state index in [0.29, 0.717) is 0 Å². The topological polar surface area (TPSA) is 29.3 Å². The monoisotopic (exact) mass is 252 g/mol. The van der Waals surface area contributed by atoms with E-state index in [1.807, 2.05) is 0 Å². The molecule has 0 radical (unpaired) electrons. The first kappa shape index (κ1) is 12.2. The van der Waals surface area contributed by atoms with Crippen molar-refractivity contribution in [3.8, 4) is 0 Å². The standard InChI is InChI=1S/C17H20N2/c1-2-17(18)13-7-9-16(10-8-13)19-11-14-5-3-4-6-15(14)12-19/h3-10,17H,2,11-12,18H2,1H3. The zero-order chi connectivity index (χ0) is 13.2. The molecule has 19 heavy (non-hydrogen) atoms. The lowest BCUT2D eigenvalue weighted by molar-refractivity contribution is 0.698. The van der Waals surface area contributed by atoms with Gasteiger partial charge in [-0.15, -0.1) is 0 Å². The van der Waals surface area contributed by atoms with Gasteiger partial charge < -0.3 is 10.6 Å². The highest BCUT2D eigenvalue weighted by Crippen LogP contribution is 2.28. The lowest BCUT2D eigenvalue weighted by Crippen LogP contribution is -2.15. The van der Waals surface area contributed by atoms with Crippen LogP contribution in [0.3, 0.4) is 0 Å². The average Bonchev–Trinajstić information content (AvgIpc) is 2.90. The van der Waals surface area contributed by atoms with Crippen LogP contribution in [0.2, 0.25) is 0 Å². The fraction of sp³-hybridized carbons (Fsp3) is 0.294. The van der Waals surface area contributed by atoms with E-state index in [9.17, 15) is 0 Å². The SMILES string of the molecule is CCC(N)c1ccc(N2Cc3ccccc3C2)cc1. The predicted octanol–water partition coefficient (Wildman–Crippen LogP) is 3.62. The molecule has 0 saturated carbocycles. The van der Waals surface area contributed by atoms with Crippen molar-refractivity contribution in [2.24, 2.45) is 5.73 Å². The molecule has 0 spiro atoms. The lowest BCUT2D eigenvalue weighted by Gasteiger charge is -2.19. The number of anilines is 1. The number of nitrogens with zero attached hydrogens (tertiary/aromatic N) is 1. The summed E-state index contributed by atoms with van der Waals surface area (Å²) >= 11 is 0. The lowest BCUT2D eigenvalue weighted by atomic mass is 10.1. The van der Waals surface area contributed by atoms with Crippen LogP contribution in [0, 0.1) is 0 Å². The van der Waals surface area contributed by atoms with Gasteiger partial charge in [0.25, 0.3) is 0 Å². The average molecular weight is 252 g/mol. The molecule has 0 bridgehead atoms. The fourth-order valence-electron chi connectivity index (χ4n) is 2.68. The van der Waals surface area contributed by atoms with Gasteiger partial charge in [-0.1, -0.05) is 43.3 Å². The van der Waals surface area contributed by atoms with Crippen molar-refractivity contribution < 1.29 is 0 Å². The zero-order valence-electron chi connectivity index (χ0n) is 11.3. The van der Waals surface area contributed by atoms with Gasteiger partial charge in [0.15, 0.2) is 0 Å². The predicted molar refractivity (Wildman–Crippen MR) is 80.0 cm³/mol. The summed E-state index contributed by atoms with van der Waals surface area (Å²) in [6.45, 7) is 4.14. The first-order valence-electron chi connectivity index (χ1n) is 6.95. The molecule has 2 aromatic rings. The third-order valence-electron chi connectivity index (χ3n) is 3.97. The Morgan fingerprint density at radius 2 is 1.58 bits per heavy atom. The summed E-state index contributed by atoms with van der Waals surface area (Å²) in [6, 6.07) is 17.5. The van der Waals surface area contributed by atoms with Crippen LogP contribution in [0.25, 0.3) is 0 Å². The van der Waals surface area contributed by atoms with E-state index in [0.717, 1.165) is 19.5 Å². The van der Waals surface area contributed by atoms with Crippen molar-refractivity contribution in [1.29, 1.82) is 0 Å². The number of nitrogens with two attached hydrogens (primary N) is 1. The normalized spacial score (nSPS) is 15.4. The minimum atomic E-state index is 0.157. The summed E-state index contributed by atoms with van der Waals surface area (Å²) in [6.07, 6.45) is 0.981. The van der Waals surface area contributed by atoms with Gasteiger partial charge in [0.1, 0.15) is 0 Å².